The molecule has 132 valence electrons. The lowest BCUT2D eigenvalue weighted by atomic mass is 9.88. The Morgan fingerprint density at radius 2 is 1.92 bits per heavy atom. The van der Waals surface area contributed by atoms with Gasteiger partial charge in [-0.25, -0.2) is 0 Å². The number of piperidine rings is 1. The normalized spacial score (nSPS) is 23.7. The lowest BCUT2D eigenvalue weighted by molar-refractivity contribution is 0.0783. The lowest BCUT2D eigenvalue weighted by Gasteiger charge is -2.34. The standard InChI is InChI=1S/C20H25N3O2/c1-14-19(15(2)25-21-14)13-22-9-8-17-11-23(12-18(17)10-22)20(24)16-6-4-3-5-7-16/h3-7,17-18H,8-13H2,1-2H3/t17-,18+/m0/s1. The molecule has 0 saturated carbocycles. The van der Waals surface area contributed by atoms with Crippen LogP contribution in [-0.2, 0) is 6.54 Å². The molecular formula is C20H25N3O2. The number of hydrogen-bond acceptors (Lipinski definition) is 4. The van der Waals surface area contributed by atoms with Gasteiger partial charge in [0.1, 0.15) is 5.76 Å². The minimum absolute atomic E-state index is 0.173. The Balaban J connectivity index is 1.40. The Bertz CT molecular complexity index is 736. The zero-order chi connectivity index (χ0) is 17.4. The van der Waals surface area contributed by atoms with Gasteiger partial charge >= 0.3 is 0 Å². The molecule has 0 bridgehead atoms. The average Bonchev–Trinajstić information content (AvgIpc) is 3.20. The Morgan fingerprint density at radius 1 is 1.16 bits per heavy atom. The van der Waals surface area contributed by atoms with Gasteiger partial charge in [-0.2, -0.15) is 0 Å². The molecule has 0 N–H and O–H groups in total. The first-order valence-corrected chi connectivity index (χ1v) is 9.10. The van der Waals surface area contributed by atoms with Crippen LogP contribution in [0.25, 0.3) is 0 Å². The second-order valence-electron chi connectivity index (χ2n) is 7.42. The fourth-order valence-corrected chi connectivity index (χ4v) is 4.27. The molecule has 2 atom stereocenters. The monoisotopic (exact) mass is 339 g/mol. The van der Waals surface area contributed by atoms with Crippen molar-refractivity contribution in [2.75, 3.05) is 26.2 Å². The molecule has 2 aliphatic rings. The summed E-state index contributed by atoms with van der Waals surface area (Å²) in [5, 5.41) is 4.06. The van der Waals surface area contributed by atoms with Crippen LogP contribution in [0.3, 0.4) is 0 Å². The van der Waals surface area contributed by atoms with Crippen LogP contribution in [0.2, 0.25) is 0 Å². The highest BCUT2D eigenvalue weighted by atomic mass is 16.5. The molecule has 2 aliphatic heterocycles. The number of carbonyl (C=O) groups is 1. The van der Waals surface area contributed by atoms with Crippen LogP contribution in [0.4, 0.5) is 0 Å². The van der Waals surface area contributed by atoms with E-state index in [4.69, 9.17) is 4.52 Å². The average molecular weight is 339 g/mol. The number of nitrogens with zero attached hydrogens (tertiary/aromatic N) is 3. The van der Waals surface area contributed by atoms with Crippen molar-refractivity contribution in [1.82, 2.24) is 15.0 Å². The molecule has 2 saturated heterocycles. The third-order valence-corrected chi connectivity index (χ3v) is 5.76. The summed E-state index contributed by atoms with van der Waals surface area (Å²) in [7, 11) is 0. The summed E-state index contributed by atoms with van der Waals surface area (Å²) in [6, 6.07) is 9.64. The van der Waals surface area contributed by atoms with Crippen LogP contribution in [0.5, 0.6) is 0 Å². The minimum Gasteiger partial charge on any atom is -0.361 e. The molecule has 4 rings (SSSR count). The first kappa shape index (κ1) is 16.3. The van der Waals surface area contributed by atoms with Gasteiger partial charge in [0.15, 0.2) is 0 Å². The van der Waals surface area contributed by atoms with Crippen LogP contribution >= 0.6 is 0 Å². The number of benzene rings is 1. The number of rotatable bonds is 3. The van der Waals surface area contributed by atoms with E-state index in [0.29, 0.717) is 11.8 Å². The van der Waals surface area contributed by atoms with Crippen molar-refractivity contribution in [3.05, 3.63) is 52.9 Å². The zero-order valence-electron chi connectivity index (χ0n) is 14.9. The Morgan fingerprint density at radius 3 is 2.64 bits per heavy atom. The van der Waals surface area contributed by atoms with Crippen molar-refractivity contribution in [1.29, 1.82) is 0 Å². The van der Waals surface area contributed by atoms with E-state index < -0.39 is 0 Å². The van der Waals surface area contributed by atoms with Gasteiger partial charge in [0.25, 0.3) is 5.91 Å². The van der Waals surface area contributed by atoms with E-state index in [1.54, 1.807) is 0 Å². The molecular weight excluding hydrogens is 314 g/mol. The summed E-state index contributed by atoms with van der Waals surface area (Å²) in [4.78, 5) is 17.2. The number of aryl methyl sites for hydroxylation is 2. The highest BCUT2D eigenvalue weighted by molar-refractivity contribution is 5.94. The maximum Gasteiger partial charge on any atom is 0.253 e. The minimum atomic E-state index is 0.173. The van der Waals surface area contributed by atoms with Crippen LogP contribution < -0.4 is 0 Å². The van der Waals surface area contributed by atoms with E-state index in [0.717, 1.165) is 56.2 Å². The molecule has 1 amide bonds. The van der Waals surface area contributed by atoms with Crippen molar-refractivity contribution in [2.45, 2.75) is 26.8 Å². The van der Waals surface area contributed by atoms with Crippen LogP contribution in [0.15, 0.2) is 34.9 Å². The maximum atomic E-state index is 12.7. The van der Waals surface area contributed by atoms with Gasteiger partial charge < -0.3 is 9.42 Å². The largest absolute Gasteiger partial charge is 0.361 e. The van der Waals surface area contributed by atoms with Crippen LogP contribution in [0, 0.1) is 25.7 Å². The van der Waals surface area contributed by atoms with Crippen molar-refractivity contribution in [3.8, 4) is 0 Å². The molecule has 2 fully saturated rings. The van der Waals surface area contributed by atoms with Crippen LogP contribution in [0.1, 0.15) is 33.8 Å². The zero-order valence-corrected chi connectivity index (χ0v) is 14.9. The van der Waals surface area contributed by atoms with Crippen molar-refractivity contribution < 1.29 is 9.32 Å². The first-order valence-electron chi connectivity index (χ1n) is 9.10. The number of hydrogen-bond donors (Lipinski definition) is 0. The van der Waals surface area contributed by atoms with Crippen LogP contribution in [-0.4, -0.2) is 47.0 Å². The third kappa shape index (κ3) is 3.21. The molecule has 0 unspecified atom stereocenters. The second kappa shape index (κ2) is 6.64. The Hall–Kier alpha value is -2.14. The number of carbonyl (C=O) groups excluding carboxylic acids is 1. The molecule has 25 heavy (non-hydrogen) atoms. The summed E-state index contributed by atoms with van der Waals surface area (Å²) < 4.78 is 5.29. The number of fused-ring (bicyclic) bond motifs is 1. The molecule has 5 heteroatoms. The Labute approximate surface area is 148 Å². The van der Waals surface area contributed by atoms with Gasteiger partial charge in [0, 0.05) is 37.3 Å². The third-order valence-electron chi connectivity index (χ3n) is 5.76. The molecule has 0 radical (unpaired) electrons. The highest BCUT2D eigenvalue weighted by Gasteiger charge is 2.39. The molecule has 0 spiro atoms. The van der Waals surface area contributed by atoms with Gasteiger partial charge in [-0.1, -0.05) is 23.4 Å². The predicted molar refractivity (Wildman–Crippen MR) is 95.2 cm³/mol. The van der Waals surface area contributed by atoms with Gasteiger partial charge in [-0.3, -0.25) is 9.69 Å². The molecule has 0 aliphatic carbocycles. The quantitative estimate of drug-likeness (QED) is 0.863. The molecule has 2 aromatic rings. The van der Waals surface area contributed by atoms with Crippen molar-refractivity contribution in [2.24, 2.45) is 11.8 Å². The van der Waals surface area contributed by atoms with E-state index >= 15 is 0 Å². The van der Waals surface area contributed by atoms with Gasteiger partial charge in [0.2, 0.25) is 0 Å². The summed E-state index contributed by atoms with van der Waals surface area (Å²) in [5.74, 6) is 2.30. The van der Waals surface area contributed by atoms with E-state index in [1.165, 1.54) is 5.56 Å². The molecule has 3 heterocycles. The highest BCUT2D eigenvalue weighted by Crippen LogP contribution is 2.33. The van der Waals surface area contributed by atoms with Crippen molar-refractivity contribution >= 4 is 5.91 Å². The Kier molecular flexibility index (Phi) is 4.34. The first-order chi connectivity index (χ1) is 12.1. The summed E-state index contributed by atoms with van der Waals surface area (Å²) >= 11 is 0. The molecule has 5 nitrogen and oxygen atoms in total. The predicted octanol–water partition coefficient (Wildman–Crippen LogP) is 2.89. The van der Waals surface area contributed by atoms with Gasteiger partial charge in [-0.05, 0) is 50.8 Å². The summed E-state index contributed by atoms with van der Waals surface area (Å²) in [5.41, 5.74) is 3.01. The summed E-state index contributed by atoms with van der Waals surface area (Å²) in [6.07, 6.45) is 1.16. The smallest absolute Gasteiger partial charge is 0.253 e. The molecule has 1 aromatic heterocycles. The van der Waals surface area contributed by atoms with Gasteiger partial charge in [-0.15, -0.1) is 0 Å². The SMILES string of the molecule is Cc1noc(C)c1CN1CC[C@H]2CN(C(=O)c3ccccc3)C[C@H]2C1. The molecule has 1 aromatic carbocycles. The lowest BCUT2D eigenvalue weighted by Crippen LogP contribution is -2.39. The van der Waals surface area contributed by atoms with Gasteiger partial charge in [0.05, 0.1) is 5.69 Å². The van der Waals surface area contributed by atoms with E-state index in [9.17, 15) is 4.79 Å². The van der Waals surface area contributed by atoms with Crippen molar-refractivity contribution in [3.63, 3.8) is 0 Å². The summed E-state index contributed by atoms with van der Waals surface area (Å²) in [6.45, 7) is 8.79. The fourth-order valence-electron chi connectivity index (χ4n) is 4.27. The topological polar surface area (TPSA) is 49.6 Å². The number of aromatic nitrogens is 1. The van der Waals surface area contributed by atoms with E-state index in [-0.39, 0.29) is 5.91 Å². The number of likely N-dealkylation sites (tertiary alicyclic amines) is 2. The fraction of sp³-hybridized carbons (Fsp3) is 0.500. The maximum absolute atomic E-state index is 12.7. The second-order valence-corrected chi connectivity index (χ2v) is 7.42. The van der Waals surface area contributed by atoms with E-state index in [2.05, 4.69) is 10.1 Å². The number of amides is 1. The van der Waals surface area contributed by atoms with E-state index in [1.807, 2.05) is 49.1 Å².